The molecule has 2 spiro atoms. The molecule has 0 aromatic heterocycles. The van der Waals surface area contributed by atoms with E-state index in [9.17, 15) is 0 Å². The molecule has 1 aromatic carbocycles. The van der Waals surface area contributed by atoms with Crippen LogP contribution in [-0.2, 0) is 6.42 Å². The summed E-state index contributed by atoms with van der Waals surface area (Å²) in [6.45, 7) is 0.967. The molecule has 0 atom stereocenters. The van der Waals surface area contributed by atoms with Crippen molar-refractivity contribution in [3.8, 4) is 5.75 Å². The van der Waals surface area contributed by atoms with Crippen LogP contribution in [0.1, 0.15) is 37.7 Å². The van der Waals surface area contributed by atoms with Crippen LogP contribution in [0.2, 0.25) is 0 Å². The molecule has 0 bridgehead atoms. The van der Waals surface area contributed by atoms with Crippen LogP contribution in [-0.4, -0.2) is 31.0 Å². The van der Waals surface area contributed by atoms with Crippen molar-refractivity contribution < 1.29 is 4.74 Å². The molecule has 0 saturated heterocycles. The van der Waals surface area contributed by atoms with Gasteiger partial charge in [-0.1, -0.05) is 18.2 Å². The molecule has 4 heteroatoms. The maximum absolute atomic E-state index is 5.48. The van der Waals surface area contributed by atoms with E-state index in [2.05, 4.69) is 11.1 Å². The summed E-state index contributed by atoms with van der Waals surface area (Å²) in [4.78, 5) is 14.3. The van der Waals surface area contributed by atoms with Crippen LogP contribution in [0.15, 0.2) is 39.2 Å². The van der Waals surface area contributed by atoms with Crippen LogP contribution < -0.4 is 4.74 Å². The van der Waals surface area contributed by atoms with Crippen LogP contribution >= 0.6 is 0 Å². The zero-order valence-corrected chi connectivity index (χ0v) is 13.5. The normalized spacial score (nSPS) is 26.9. The zero-order valence-electron chi connectivity index (χ0n) is 13.5. The zero-order chi connectivity index (χ0) is 15.5. The van der Waals surface area contributed by atoms with Crippen molar-refractivity contribution in [2.24, 2.45) is 25.8 Å². The largest absolute Gasteiger partial charge is 0.496 e. The second-order valence-electron chi connectivity index (χ2n) is 7.45. The van der Waals surface area contributed by atoms with Gasteiger partial charge in [-0.2, -0.15) is 0 Å². The van der Waals surface area contributed by atoms with Crippen LogP contribution in [0, 0.1) is 10.8 Å². The van der Waals surface area contributed by atoms with Gasteiger partial charge in [-0.15, -0.1) is 0 Å². The third kappa shape index (κ3) is 2.23. The summed E-state index contributed by atoms with van der Waals surface area (Å²) in [7, 11) is 1.72. The van der Waals surface area contributed by atoms with E-state index in [1.54, 1.807) is 7.11 Å². The summed E-state index contributed by atoms with van der Waals surface area (Å²) in [5, 5.41) is 0. The molecular weight excluding hydrogens is 286 g/mol. The second kappa shape index (κ2) is 4.53. The Morgan fingerprint density at radius 2 is 1.96 bits per heavy atom. The van der Waals surface area contributed by atoms with E-state index in [1.165, 1.54) is 37.8 Å². The Labute approximate surface area is 136 Å². The van der Waals surface area contributed by atoms with Crippen molar-refractivity contribution in [2.45, 2.75) is 38.5 Å². The van der Waals surface area contributed by atoms with Gasteiger partial charge in [0.05, 0.1) is 13.7 Å². The smallest absolute Gasteiger partial charge is 0.134 e. The summed E-state index contributed by atoms with van der Waals surface area (Å²) in [5.41, 5.74) is 3.32. The highest BCUT2D eigenvalue weighted by Gasteiger charge is 2.60. The van der Waals surface area contributed by atoms with Gasteiger partial charge in [-0.05, 0) is 38.2 Å². The van der Waals surface area contributed by atoms with Crippen molar-refractivity contribution in [1.82, 2.24) is 0 Å². The van der Waals surface area contributed by atoms with Gasteiger partial charge in [-0.3, -0.25) is 4.99 Å². The number of ether oxygens (including phenoxy) is 1. The van der Waals surface area contributed by atoms with Crippen LogP contribution in [0.25, 0.3) is 0 Å². The molecule has 3 aliphatic carbocycles. The second-order valence-corrected chi connectivity index (χ2v) is 7.45. The van der Waals surface area contributed by atoms with Gasteiger partial charge in [0.2, 0.25) is 0 Å². The van der Waals surface area contributed by atoms with Crippen molar-refractivity contribution >= 4 is 17.4 Å². The molecule has 1 aliphatic heterocycles. The van der Waals surface area contributed by atoms with Gasteiger partial charge in [-0.25, -0.2) is 9.98 Å². The summed E-state index contributed by atoms with van der Waals surface area (Å²) < 4.78 is 5.48. The highest BCUT2D eigenvalue weighted by atomic mass is 16.5. The highest BCUT2D eigenvalue weighted by molar-refractivity contribution is 6.15. The summed E-state index contributed by atoms with van der Waals surface area (Å²) in [6, 6.07) is 8.15. The molecule has 0 N–H and O–H groups in total. The van der Waals surface area contributed by atoms with Crippen molar-refractivity contribution in [1.29, 1.82) is 0 Å². The molecule has 0 unspecified atom stereocenters. The minimum atomic E-state index is 0.326. The third-order valence-corrected chi connectivity index (χ3v) is 5.75. The van der Waals surface area contributed by atoms with E-state index in [0.717, 1.165) is 35.9 Å². The van der Waals surface area contributed by atoms with E-state index >= 15 is 0 Å². The number of hydrogen-bond acceptors (Lipinski definition) is 3. The van der Waals surface area contributed by atoms with E-state index in [0.29, 0.717) is 10.8 Å². The van der Waals surface area contributed by atoms with Gasteiger partial charge in [0.15, 0.2) is 0 Å². The molecule has 0 amide bonds. The lowest BCUT2D eigenvalue weighted by molar-refractivity contribution is 0.411. The third-order valence-electron chi connectivity index (χ3n) is 5.75. The molecule has 23 heavy (non-hydrogen) atoms. The summed E-state index contributed by atoms with van der Waals surface area (Å²) >= 11 is 0. The van der Waals surface area contributed by atoms with Gasteiger partial charge in [0.1, 0.15) is 17.4 Å². The average Bonchev–Trinajstić information content (AvgIpc) is 3.42. The minimum Gasteiger partial charge on any atom is -0.496 e. The fourth-order valence-corrected chi connectivity index (χ4v) is 3.51. The topological polar surface area (TPSA) is 46.3 Å². The Hall–Kier alpha value is -1.97. The lowest BCUT2D eigenvalue weighted by Gasteiger charge is -2.22. The quantitative estimate of drug-likeness (QED) is 0.623. The molecule has 118 valence electrons. The number of hydrogen-bond donors (Lipinski definition) is 0. The lowest BCUT2D eigenvalue weighted by atomic mass is 10.0. The Morgan fingerprint density at radius 3 is 2.57 bits per heavy atom. The Kier molecular flexibility index (Phi) is 2.65. The minimum absolute atomic E-state index is 0.326. The number of para-hydroxylation sites is 1. The van der Waals surface area contributed by atoms with Gasteiger partial charge < -0.3 is 4.74 Å². The molecule has 4 nitrogen and oxygen atoms in total. The summed E-state index contributed by atoms with van der Waals surface area (Å²) in [5.74, 6) is 2.87. The number of methoxy groups -OCH3 is 1. The standard InChI is InChI=1S/C19H21N3O/c1-23-14-5-3-2-4-13(14)10-16(21-15-11-18(15)6-7-18)22-17-19(8-9-19)12-20-17/h2-5H,6-12H2,1H3. The monoisotopic (exact) mass is 307 g/mol. The first-order chi connectivity index (χ1) is 11.2. The Bertz CT molecular complexity index is 767. The predicted molar refractivity (Wildman–Crippen MR) is 91.8 cm³/mol. The fraction of sp³-hybridized carbons (Fsp3) is 0.526. The van der Waals surface area contributed by atoms with Gasteiger partial charge in [0, 0.05) is 28.5 Å². The number of nitrogens with zero attached hydrogens (tertiary/aromatic N) is 3. The maximum atomic E-state index is 5.48. The van der Waals surface area contributed by atoms with Crippen molar-refractivity contribution in [3.63, 3.8) is 0 Å². The number of aliphatic imine (C=N–C) groups is 3. The predicted octanol–water partition coefficient (Wildman–Crippen LogP) is 3.45. The summed E-state index contributed by atoms with van der Waals surface area (Å²) in [6.07, 6.45) is 7.03. The molecule has 0 radical (unpaired) electrons. The number of rotatable bonds is 3. The van der Waals surface area contributed by atoms with Crippen LogP contribution in [0.5, 0.6) is 5.75 Å². The molecular formula is C19H21N3O. The maximum Gasteiger partial charge on any atom is 0.134 e. The van der Waals surface area contributed by atoms with Crippen molar-refractivity contribution in [3.05, 3.63) is 29.8 Å². The fourth-order valence-electron chi connectivity index (χ4n) is 3.51. The molecule has 1 heterocycles. The first kappa shape index (κ1) is 13.5. The van der Waals surface area contributed by atoms with Gasteiger partial charge >= 0.3 is 0 Å². The Balaban J connectivity index is 1.45. The highest BCUT2D eigenvalue weighted by Crippen LogP contribution is 2.63. The number of amidine groups is 2. The van der Waals surface area contributed by atoms with E-state index in [1.807, 2.05) is 18.2 Å². The molecule has 1 aromatic rings. The first-order valence-electron chi connectivity index (χ1n) is 8.56. The first-order valence-corrected chi connectivity index (χ1v) is 8.56. The van der Waals surface area contributed by atoms with E-state index < -0.39 is 0 Å². The molecule has 3 saturated carbocycles. The van der Waals surface area contributed by atoms with Crippen LogP contribution in [0.3, 0.4) is 0 Å². The number of benzene rings is 1. The molecule has 5 rings (SSSR count). The van der Waals surface area contributed by atoms with Crippen LogP contribution in [0.4, 0.5) is 0 Å². The van der Waals surface area contributed by atoms with Gasteiger partial charge in [0.25, 0.3) is 0 Å². The lowest BCUT2D eigenvalue weighted by Crippen LogP contribution is -2.28. The van der Waals surface area contributed by atoms with E-state index in [-0.39, 0.29) is 0 Å². The SMILES string of the molecule is COc1ccccc1CC(=NC1=NCC12CC2)N=C1CC12CC2. The van der Waals surface area contributed by atoms with E-state index in [4.69, 9.17) is 14.7 Å². The average molecular weight is 307 g/mol. The molecule has 4 aliphatic rings. The van der Waals surface area contributed by atoms with Crippen molar-refractivity contribution in [2.75, 3.05) is 13.7 Å². The molecule has 3 fully saturated rings. The Morgan fingerprint density at radius 1 is 1.17 bits per heavy atom.